The van der Waals surface area contributed by atoms with Crippen molar-refractivity contribution >= 4 is 0 Å². The highest BCUT2D eigenvalue weighted by Gasteiger charge is 2.34. The van der Waals surface area contributed by atoms with Crippen molar-refractivity contribution in [2.24, 2.45) is 0 Å². The summed E-state index contributed by atoms with van der Waals surface area (Å²) in [7, 11) is 0. The summed E-state index contributed by atoms with van der Waals surface area (Å²) in [6, 6.07) is 14.3. The molecule has 0 aliphatic carbocycles. The SMILES string of the molecule is CCCCOc1ccc(-c2nnc(CNC3(c4ccc(F)cc4)CCOCC3)o2)cc1. The van der Waals surface area contributed by atoms with Crippen LogP contribution in [0.5, 0.6) is 5.75 Å². The van der Waals surface area contributed by atoms with Crippen LogP contribution in [0.4, 0.5) is 4.39 Å². The van der Waals surface area contributed by atoms with Crippen LogP contribution in [-0.4, -0.2) is 30.0 Å². The number of ether oxygens (including phenoxy) is 2. The Bertz CT molecular complexity index is 951. The quantitative estimate of drug-likeness (QED) is 0.494. The van der Waals surface area contributed by atoms with Crippen molar-refractivity contribution in [1.82, 2.24) is 15.5 Å². The van der Waals surface area contributed by atoms with Crippen LogP contribution in [0.25, 0.3) is 11.5 Å². The molecule has 7 heteroatoms. The van der Waals surface area contributed by atoms with Crippen LogP contribution in [0.2, 0.25) is 0 Å². The molecule has 1 aliphatic heterocycles. The zero-order valence-electron chi connectivity index (χ0n) is 17.8. The molecule has 1 aromatic heterocycles. The number of nitrogens with zero attached hydrogens (tertiary/aromatic N) is 2. The van der Waals surface area contributed by atoms with Crippen molar-refractivity contribution in [3.8, 4) is 17.2 Å². The minimum absolute atomic E-state index is 0.241. The summed E-state index contributed by atoms with van der Waals surface area (Å²) in [6.45, 7) is 4.56. The van der Waals surface area contributed by atoms with E-state index in [1.807, 2.05) is 36.4 Å². The van der Waals surface area contributed by atoms with Crippen LogP contribution in [0.1, 0.15) is 44.1 Å². The van der Waals surface area contributed by atoms with Gasteiger partial charge in [0.2, 0.25) is 11.8 Å². The number of hydrogen-bond acceptors (Lipinski definition) is 6. The van der Waals surface area contributed by atoms with Crippen molar-refractivity contribution in [1.29, 1.82) is 0 Å². The van der Waals surface area contributed by atoms with E-state index >= 15 is 0 Å². The summed E-state index contributed by atoms with van der Waals surface area (Å²) < 4.78 is 30.5. The van der Waals surface area contributed by atoms with Gasteiger partial charge in [0.25, 0.3) is 0 Å². The molecular weight excluding hydrogens is 397 g/mol. The molecule has 1 fully saturated rings. The third-order valence-electron chi connectivity index (χ3n) is 5.66. The van der Waals surface area contributed by atoms with Crippen molar-refractivity contribution in [2.45, 2.75) is 44.7 Å². The Kier molecular flexibility index (Phi) is 6.94. The normalized spacial score (nSPS) is 15.7. The molecule has 3 aromatic rings. The molecule has 0 bridgehead atoms. The molecule has 0 atom stereocenters. The third-order valence-corrected chi connectivity index (χ3v) is 5.66. The average molecular weight is 426 g/mol. The first-order chi connectivity index (χ1) is 15.2. The van der Waals surface area contributed by atoms with E-state index in [9.17, 15) is 4.39 Å². The predicted octanol–water partition coefficient (Wildman–Crippen LogP) is 4.85. The lowest BCUT2D eigenvalue weighted by Crippen LogP contribution is -2.46. The molecule has 31 heavy (non-hydrogen) atoms. The second-order valence-corrected chi connectivity index (χ2v) is 7.78. The van der Waals surface area contributed by atoms with Crippen molar-refractivity contribution < 1.29 is 18.3 Å². The predicted molar refractivity (Wildman–Crippen MR) is 115 cm³/mol. The third kappa shape index (κ3) is 5.29. The van der Waals surface area contributed by atoms with Crippen LogP contribution in [0.3, 0.4) is 0 Å². The lowest BCUT2D eigenvalue weighted by molar-refractivity contribution is 0.0348. The van der Waals surface area contributed by atoms with Crippen LogP contribution in [0, 0.1) is 5.82 Å². The fourth-order valence-electron chi connectivity index (χ4n) is 3.77. The summed E-state index contributed by atoms with van der Waals surface area (Å²) in [4.78, 5) is 0. The first-order valence-corrected chi connectivity index (χ1v) is 10.8. The van der Waals surface area contributed by atoms with Gasteiger partial charge >= 0.3 is 0 Å². The fraction of sp³-hybridized carbons (Fsp3) is 0.417. The molecule has 0 spiro atoms. The van der Waals surface area contributed by atoms with Crippen LogP contribution >= 0.6 is 0 Å². The fourth-order valence-corrected chi connectivity index (χ4v) is 3.77. The van der Waals surface area contributed by atoms with E-state index in [1.165, 1.54) is 12.1 Å². The van der Waals surface area contributed by atoms with Crippen LogP contribution in [0.15, 0.2) is 52.9 Å². The lowest BCUT2D eigenvalue weighted by Gasteiger charge is -2.38. The van der Waals surface area contributed by atoms with E-state index in [1.54, 1.807) is 0 Å². The Morgan fingerprint density at radius 2 is 1.77 bits per heavy atom. The van der Waals surface area contributed by atoms with E-state index < -0.39 is 0 Å². The zero-order chi connectivity index (χ0) is 21.5. The number of rotatable bonds is 9. The maximum atomic E-state index is 13.4. The standard InChI is InChI=1S/C24H28FN3O3/c1-2-3-14-30-21-10-4-18(5-11-21)23-28-27-22(31-23)17-26-24(12-15-29-16-13-24)19-6-8-20(25)9-7-19/h4-11,26H,2-3,12-17H2,1H3. The first kappa shape index (κ1) is 21.5. The molecule has 1 saturated heterocycles. The molecule has 6 nitrogen and oxygen atoms in total. The lowest BCUT2D eigenvalue weighted by atomic mass is 9.82. The summed E-state index contributed by atoms with van der Waals surface area (Å²) in [5, 5.41) is 12.0. The molecule has 0 radical (unpaired) electrons. The molecule has 164 valence electrons. The van der Waals surface area contributed by atoms with Crippen molar-refractivity contribution in [3.05, 3.63) is 65.8 Å². The number of nitrogens with one attached hydrogen (secondary N) is 1. The van der Waals surface area contributed by atoms with Crippen molar-refractivity contribution in [2.75, 3.05) is 19.8 Å². The molecular formula is C24H28FN3O3. The molecule has 4 rings (SSSR count). The highest BCUT2D eigenvalue weighted by molar-refractivity contribution is 5.53. The Morgan fingerprint density at radius 1 is 1.03 bits per heavy atom. The molecule has 0 amide bonds. The molecule has 1 aliphatic rings. The number of benzene rings is 2. The topological polar surface area (TPSA) is 69.4 Å². The van der Waals surface area contributed by atoms with E-state index in [0.717, 1.165) is 42.6 Å². The molecule has 0 unspecified atom stereocenters. The number of hydrogen-bond donors (Lipinski definition) is 1. The molecule has 2 aromatic carbocycles. The average Bonchev–Trinajstić information content (AvgIpc) is 3.29. The van der Waals surface area contributed by atoms with Gasteiger partial charge in [-0.05, 0) is 61.2 Å². The van der Waals surface area contributed by atoms with Gasteiger partial charge in [0.05, 0.1) is 13.2 Å². The second-order valence-electron chi connectivity index (χ2n) is 7.78. The van der Waals surface area contributed by atoms with E-state index in [-0.39, 0.29) is 11.4 Å². The molecule has 0 saturated carbocycles. The van der Waals surface area contributed by atoms with Gasteiger partial charge < -0.3 is 13.9 Å². The maximum Gasteiger partial charge on any atom is 0.247 e. The maximum absolute atomic E-state index is 13.4. The van der Waals surface area contributed by atoms with Gasteiger partial charge in [-0.15, -0.1) is 10.2 Å². The first-order valence-electron chi connectivity index (χ1n) is 10.8. The van der Waals surface area contributed by atoms with Gasteiger partial charge in [-0.2, -0.15) is 0 Å². The van der Waals surface area contributed by atoms with Gasteiger partial charge in [-0.25, -0.2) is 4.39 Å². The van der Waals surface area contributed by atoms with E-state index in [4.69, 9.17) is 13.9 Å². The van der Waals surface area contributed by atoms with Crippen LogP contribution in [-0.2, 0) is 16.8 Å². The van der Waals surface area contributed by atoms with Gasteiger partial charge in [0, 0.05) is 24.3 Å². The Labute approximate surface area is 181 Å². The number of halogens is 1. The van der Waals surface area contributed by atoms with Gasteiger partial charge in [-0.3, -0.25) is 5.32 Å². The van der Waals surface area contributed by atoms with Gasteiger partial charge in [0.1, 0.15) is 11.6 Å². The minimum Gasteiger partial charge on any atom is -0.494 e. The van der Waals surface area contributed by atoms with Crippen molar-refractivity contribution in [3.63, 3.8) is 0 Å². The summed E-state index contributed by atoms with van der Waals surface area (Å²) in [5.41, 5.74) is 1.58. The number of unbranched alkanes of at least 4 members (excludes halogenated alkanes) is 1. The van der Waals surface area contributed by atoms with Gasteiger partial charge in [-0.1, -0.05) is 25.5 Å². The highest BCUT2D eigenvalue weighted by Crippen LogP contribution is 2.33. The Morgan fingerprint density at radius 3 is 2.48 bits per heavy atom. The molecule has 2 heterocycles. The van der Waals surface area contributed by atoms with Gasteiger partial charge in [0.15, 0.2) is 0 Å². The molecule has 1 N–H and O–H groups in total. The Hall–Kier alpha value is -2.77. The summed E-state index contributed by atoms with van der Waals surface area (Å²) >= 11 is 0. The smallest absolute Gasteiger partial charge is 0.247 e. The zero-order valence-corrected chi connectivity index (χ0v) is 17.8. The largest absolute Gasteiger partial charge is 0.494 e. The summed E-state index contributed by atoms with van der Waals surface area (Å²) in [6.07, 6.45) is 3.72. The monoisotopic (exact) mass is 425 g/mol. The van der Waals surface area contributed by atoms with Crippen LogP contribution < -0.4 is 10.1 Å². The number of aromatic nitrogens is 2. The minimum atomic E-state index is -0.307. The van der Waals surface area contributed by atoms with E-state index in [2.05, 4.69) is 22.4 Å². The van der Waals surface area contributed by atoms with E-state index in [0.29, 0.717) is 38.1 Å². The Balaban J connectivity index is 1.42. The second kappa shape index (κ2) is 10.0. The summed E-state index contributed by atoms with van der Waals surface area (Å²) in [5.74, 6) is 1.57. The highest BCUT2D eigenvalue weighted by atomic mass is 19.1.